The number of hydrazine groups is 1. The van der Waals surface area contributed by atoms with Gasteiger partial charge in [0.15, 0.2) is 0 Å². The summed E-state index contributed by atoms with van der Waals surface area (Å²) in [6.45, 7) is 1.47. The van der Waals surface area contributed by atoms with Crippen LogP contribution in [-0.4, -0.2) is 25.6 Å². The van der Waals surface area contributed by atoms with Crippen LogP contribution in [0.15, 0.2) is 54.6 Å². The molecular formula is C18H20ClN3O2. The number of rotatable bonds is 6. The SMILES string of the molecule is O=C(NCCOc1ccc(Cl)cc1)C1CNNC1c1ccccc1. The van der Waals surface area contributed by atoms with Crippen molar-refractivity contribution in [1.82, 2.24) is 16.2 Å². The first-order valence-corrected chi connectivity index (χ1v) is 8.31. The van der Waals surface area contributed by atoms with E-state index in [1.807, 2.05) is 30.3 Å². The largest absolute Gasteiger partial charge is 0.492 e. The van der Waals surface area contributed by atoms with E-state index < -0.39 is 0 Å². The Balaban J connectivity index is 1.47. The highest BCUT2D eigenvalue weighted by atomic mass is 35.5. The van der Waals surface area contributed by atoms with Gasteiger partial charge in [-0.15, -0.1) is 0 Å². The zero-order chi connectivity index (χ0) is 16.8. The first kappa shape index (κ1) is 16.8. The third-order valence-electron chi connectivity index (χ3n) is 3.96. The molecule has 0 aliphatic carbocycles. The number of nitrogens with one attached hydrogen (secondary N) is 3. The zero-order valence-electron chi connectivity index (χ0n) is 13.2. The van der Waals surface area contributed by atoms with E-state index in [0.29, 0.717) is 24.7 Å². The summed E-state index contributed by atoms with van der Waals surface area (Å²) in [5, 5.41) is 3.61. The van der Waals surface area contributed by atoms with Crippen LogP contribution in [-0.2, 0) is 4.79 Å². The van der Waals surface area contributed by atoms with E-state index in [4.69, 9.17) is 16.3 Å². The number of ether oxygens (including phenoxy) is 1. The van der Waals surface area contributed by atoms with Crippen LogP contribution in [0.2, 0.25) is 5.02 Å². The highest BCUT2D eigenvalue weighted by Gasteiger charge is 2.33. The summed E-state index contributed by atoms with van der Waals surface area (Å²) in [5.41, 5.74) is 7.34. The normalized spacial score (nSPS) is 19.9. The Morgan fingerprint density at radius 1 is 1.17 bits per heavy atom. The lowest BCUT2D eigenvalue weighted by Crippen LogP contribution is -2.37. The van der Waals surface area contributed by atoms with Crippen molar-refractivity contribution in [3.63, 3.8) is 0 Å². The quantitative estimate of drug-likeness (QED) is 0.703. The average molecular weight is 346 g/mol. The molecule has 1 heterocycles. The van der Waals surface area contributed by atoms with Gasteiger partial charge < -0.3 is 10.1 Å². The van der Waals surface area contributed by atoms with Crippen LogP contribution in [0.25, 0.3) is 0 Å². The summed E-state index contributed by atoms with van der Waals surface area (Å²) < 4.78 is 5.58. The van der Waals surface area contributed by atoms with Crippen molar-refractivity contribution in [2.24, 2.45) is 5.92 Å². The van der Waals surface area contributed by atoms with Crippen LogP contribution in [0.3, 0.4) is 0 Å². The fourth-order valence-corrected chi connectivity index (χ4v) is 2.85. The molecule has 3 N–H and O–H groups in total. The molecule has 1 aliphatic rings. The minimum absolute atomic E-state index is 0.0149. The summed E-state index contributed by atoms with van der Waals surface area (Å²) >= 11 is 5.83. The molecule has 3 rings (SSSR count). The molecule has 0 radical (unpaired) electrons. The molecule has 1 saturated heterocycles. The average Bonchev–Trinajstić information content (AvgIpc) is 3.11. The number of benzene rings is 2. The second-order valence-corrected chi connectivity index (χ2v) is 6.05. The molecule has 2 unspecified atom stereocenters. The first-order chi connectivity index (χ1) is 11.7. The van der Waals surface area contributed by atoms with E-state index in [1.165, 1.54) is 0 Å². The van der Waals surface area contributed by atoms with E-state index in [-0.39, 0.29) is 17.9 Å². The molecule has 6 heteroatoms. The van der Waals surface area contributed by atoms with Crippen LogP contribution in [0.1, 0.15) is 11.6 Å². The molecule has 5 nitrogen and oxygen atoms in total. The maximum Gasteiger partial charge on any atom is 0.226 e. The molecule has 24 heavy (non-hydrogen) atoms. The number of halogens is 1. The van der Waals surface area contributed by atoms with Crippen LogP contribution in [0.4, 0.5) is 0 Å². The third-order valence-corrected chi connectivity index (χ3v) is 4.21. The summed E-state index contributed by atoms with van der Waals surface area (Å²) in [5.74, 6) is 0.601. The summed E-state index contributed by atoms with van der Waals surface area (Å²) in [6.07, 6.45) is 0. The van der Waals surface area contributed by atoms with Gasteiger partial charge in [-0.05, 0) is 29.8 Å². The van der Waals surface area contributed by atoms with E-state index in [1.54, 1.807) is 24.3 Å². The van der Waals surface area contributed by atoms with Gasteiger partial charge in [0.25, 0.3) is 0 Å². The summed E-state index contributed by atoms with van der Waals surface area (Å²) in [7, 11) is 0. The van der Waals surface area contributed by atoms with Gasteiger partial charge in [0, 0.05) is 11.6 Å². The van der Waals surface area contributed by atoms with Gasteiger partial charge in [0.1, 0.15) is 12.4 Å². The van der Waals surface area contributed by atoms with Crippen LogP contribution >= 0.6 is 11.6 Å². The molecule has 2 aromatic carbocycles. The van der Waals surface area contributed by atoms with Crippen molar-refractivity contribution < 1.29 is 9.53 Å². The molecule has 2 aromatic rings. The van der Waals surface area contributed by atoms with E-state index in [9.17, 15) is 4.79 Å². The van der Waals surface area contributed by atoms with Crippen LogP contribution in [0.5, 0.6) is 5.75 Å². The highest BCUT2D eigenvalue weighted by molar-refractivity contribution is 6.30. The molecule has 0 saturated carbocycles. The van der Waals surface area contributed by atoms with Gasteiger partial charge in [0.2, 0.25) is 5.91 Å². The number of hydrogen-bond acceptors (Lipinski definition) is 4. The van der Waals surface area contributed by atoms with E-state index >= 15 is 0 Å². The predicted octanol–water partition coefficient (Wildman–Crippen LogP) is 2.30. The van der Waals surface area contributed by atoms with E-state index in [2.05, 4.69) is 16.2 Å². The molecule has 0 bridgehead atoms. The molecule has 1 fully saturated rings. The maximum atomic E-state index is 12.4. The standard InChI is InChI=1S/C18H20ClN3O2/c19-14-6-8-15(9-7-14)24-11-10-20-18(23)16-12-21-22-17(16)13-4-2-1-3-5-13/h1-9,16-17,21-22H,10-12H2,(H,20,23). The predicted molar refractivity (Wildman–Crippen MR) is 93.8 cm³/mol. The topological polar surface area (TPSA) is 62.4 Å². The smallest absolute Gasteiger partial charge is 0.226 e. The maximum absolute atomic E-state index is 12.4. The van der Waals surface area contributed by atoms with Crippen molar-refractivity contribution in [2.75, 3.05) is 19.7 Å². The number of amides is 1. The van der Waals surface area contributed by atoms with Gasteiger partial charge in [0.05, 0.1) is 18.5 Å². The minimum atomic E-state index is -0.150. The van der Waals surface area contributed by atoms with Gasteiger partial charge >= 0.3 is 0 Å². The lowest BCUT2D eigenvalue weighted by molar-refractivity contribution is -0.125. The second kappa shape index (κ2) is 8.15. The Morgan fingerprint density at radius 3 is 2.67 bits per heavy atom. The zero-order valence-corrected chi connectivity index (χ0v) is 13.9. The van der Waals surface area contributed by atoms with Gasteiger partial charge in [-0.3, -0.25) is 10.2 Å². The first-order valence-electron chi connectivity index (χ1n) is 7.93. The Kier molecular flexibility index (Phi) is 5.69. The second-order valence-electron chi connectivity index (χ2n) is 5.61. The van der Waals surface area contributed by atoms with Gasteiger partial charge in [-0.2, -0.15) is 0 Å². The summed E-state index contributed by atoms with van der Waals surface area (Å²) in [4.78, 5) is 12.4. The molecule has 126 valence electrons. The monoisotopic (exact) mass is 345 g/mol. The fourth-order valence-electron chi connectivity index (χ4n) is 2.72. The van der Waals surface area contributed by atoms with Crippen molar-refractivity contribution in [1.29, 1.82) is 0 Å². The Bertz CT molecular complexity index is 664. The van der Waals surface area contributed by atoms with Crippen LogP contribution in [0, 0.1) is 5.92 Å². The number of hydrogen-bond donors (Lipinski definition) is 3. The minimum Gasteiger partial charge on any atom is -0.492 e. The van der Waals surface area contributed by atoms with Crippen molar-refractivity contribution in [3.8, 4) is 5.75 Å². The molecular weight excluding hydrogens is 326 g/mol. The van der Waals surface area contributed by atoms with Crippen molar-refractivity contribution >= 4 is 17.5 Å². The molecule has 0 spiro atoms. The lowest BCUT2D eigenvalue weighted by Gasteiger charge is -2.18. The van der Waals surface area contributed by atoms with Crippen molar-refractivity contribution in [2.45, 2.75) is 6.04 Å². The molecule has 2 atom stereocenters. The van der Waals surface area contributed by atoms with E-state index in [0.717, 1.165) is 11.3 Å². The van der Waals surface area contributed by atoms with Crippen LogP contribution < -0.4 is 20.9 Å². The number of carbonyl (C=O) groups is 1. The molecule has 0 aromatic heterocycles. The molecule has 1 amide bonds. The third kappa shape index (κ3) is 4.26. The highest BCUT2D eigenvalue weighted by Crippen LogP contribution is 2.24. The Hall–Kier alpha value is -2.08. The number of carbonyl (C=O) groups excluding carboxylic acids is 1. The Morgan fingerprint density at radius 2 is 1.92 bits per heavy atom. The Labute approximate surface area is 146 Å². The fraction of sp³-hybridized carbons (Fsp3) is 0.278. The van der Waals surface area contributed by atoms with Gasteiger partial charge in [-0.25, -0.2) is 5.43 Å². The summed E-state index contributed by atoms with van der Waals surface area (Å²) in [6, 6.07) is 17.1. The van der Waals surface area contributed by atoms with Gasteiger partial charge in [-0.1, -0.05) is 41.9 Å². The lowest BCUT2D eigenvalue weighted by atomic mass is 9.94. The molecule has 1 aliphatic heterocycles. The van der Waals surface area contributed by atoms with Crippen molar-refractivity contribution in [3.05, 3.63) is 65.2 Å².